The van der Waals surface area contributed by atoms with Gasteiger partial charge in [-0.05, 0) is 25.5 Å². The highest BCUT2D eigenvalue weighted by Gasteiger charge is 2.25. The van der Waals surface area contributed by atoms with Crippen molar-refractivity contribution in [3.05, 3.63) is 30.3 Å². The molecule has 0 bridgehead atoms. The van der Waals surface area contributed by atoms with Crippen LogP contribution in [0.4, 0.5) is 5.69 Å². The number of hydrogen-bond donors (Lipinski definition) is 2. The molecule has 1 rings (SSSR count). The summed E-state index contributed by atoms with van der Waals surface area (Å²) in [6.45, 7) is 4.01. The number of rotatable bonds is 6. The average molecular weight is 237 g/mol. The molecule has 17 heavy (non-hydrogen) atoms. The number of nitrogens with one attached hydrogen (secondary N) is 1. The monoisotopic (exact) mass is 237 g/mol. The maximum absolute atomic E-state index is 11.9. The summed E-state index contributed by atoms with van der Waals surface area (Å²) in [7, 11) is 0. The molecule has 0 saturated carbocycles. The molecular formula is C13H19NO3. The number of benzene rings is 1. The van der Waals surface area contributed by atoms with Crippen molar-refractivity contribution in [1.29, 1.82) is 0 Å². The van der Waals surface area contributed by atoms with E-state index in [1.54, 1.807) is 19.1 Å². The van der Waals surface area contributed by atoms with Crippen LogP contribution < -0.4 is 5.32 Å². The van der Waals surface area contributed by atoms with Gasteiger partial charge in [0.2, 0.25) is 5.91 Å². The van der Waals surface area contributed by atoms with Crippen molar-refractivity contribution in [2.45, 2.75) is 26.6 Å². The van der Waals surface area contributed by atoms with Gasteiger partial charge in [-0.25, -0.2) is 0 Å². The van der Waals surface area contributed by atoms with Crippen LogP contribution in [0.15, 0.2) is 30.3 Å². The molecule has 2 atom stereocenters. The predicted molar refractivity (Wildman–Crippen MR) is 66.5 cm³/mol. The molecule has 0 spiro atoms. The second-order valence-electron chi connectivity index (χ2n) is 3.72. The quantitative estimate of drug-likeness (QED) is 0.744. The zero-order valence-electron chi connectivity index (χ0n) is 10.2. The van der Waals surface area contributed by atoms with E-state index in [2.05, 4.69) is 5.32 Å². The van der Waals surface area contributed by atoms with E-state index in [9.17, 15) is 9.90 Å². The van der Waals surface area contributed by atoms with Gasteiger partial charge in [0, 0.05) is 12.3 Å². The third-order valence-corrected chi connectivity index (χ3v) is 2.50. The Hall–Kier alpha value is -1.39. The number of ether oxygens (including phenoxy) is 1. The topological polar surface area (TPSA) is 58.6 Å². The van der Waals surface area contributed by atoms with Gasteiger partial charge in [-0.2, -0.15) is 0 Å². The number of anilines is 1. The molecule has 0 fully saturated rings. The highest BCUT2D eigenvalue weighted by atomic mass is 16.6. The van der Waals surface area contributed by atoms with Crippen LogP contribution in [0.25, 0.3) is 0 Å². The van der Waals surface area contributed by atoms with Gasteiger partial charge >= 0.3 is 0 Å². The van der Waals surface area contributed by atoms with E-state index < -0.39 is 12.2 Å². The number of aliphatic hydroxyl groups excluding tert-OH is 1. The summed E-state index contributed by atoms with van der Waals surface area (Å²) in [5.41, 5.74) is 0.722. The Morgan fingerprint density at radius 2 is 2.00 bits per heavy atom. The van der Waals surface area contributed by atoms with Crippen molar-refractivity contribution in [2.75, 3.05) is 11.9 Å². The van der Waals surface area contributed by atoms with Crippen LogP contribution in [0.1, 0.15) is 20.3 Å². The minimum atomic E-state index is -1.05. The van der Waals surface area contributed by atoms with Crippen LogP contribution in [0.5, 0.6) is 0 Å². The van der Waals surface area contributed by atoms with Crippen LogP contribution in [-0.4, -0.2) is 23.9 Å². The van der Waals surface area contributed by atoms with E-state index in [4.69, 9.17) is 4.74 Å². The fraction of sp³-hybridized carbons (Fsp3) is 0.462. The number of hydrogen-bond acceptors (Lipinski definition) is 3. The second-order valence-corrected chi connectivity index (χ2v) is 3.72. The average Bonchev–Trinajstić information content (AvgIpc) is 2.31. The molecule has 0 aliphatic rings. The molecule has 1 aromatic carbocycles. The minimum Gasteiger partial charge on any atom is -0.367 e. The van der Waals surface area contributed by atoms with E-state index in [0.29, 0.717) is 13.0 Å². The van der Waals surface area contributed by atoms with E-state index in [1.807, 2.05) is 25.1 Å². The molecule has 4 heteroatoms. The lowest BCUT2D eigenvalue weighted by Gasteiger charge is -2.20. The Morgan fingerprint density at radius 3 is 2.53 bits per heavy atom. The van der Waals surface area contributed by atoms with Crippen molar-refractivity contribution in [1.82, 2.24) is 0 Å². The lowest BCUT2D eigenvalue weighted by atomic mass is 10.1. The summed E-state index contributed by atoms with van der Waals surface area (Å²) in [6, 6.07) is 9.17. The van der Waals surface area contributed by atoms with Gasteiger partial charge in [-0.3, -0.25) is 4.79 Å². The van der Waals surface area contributed by atoms with Crippen molar-refractivity contribution in [3.63, 3.8) is 0 Å². The first-order chi connectivity index (χ1) is 8.19. The molecule has 0 aromatic heterocycles. The van der Waals surface area contributed by atoms with Gasteiger partial charge in [-0.1, -0.05) is 25.1 Å². The summed E-state index contributed by atoms with van der Waals surface area (Å²) in [5.74, 6) is -0.769. The Balaban J connectivity index is 2.61. The van der Waals surface area contributed by atoms with Crippen molar-refractivity contribution in [2.24, 2.45) is 5.92 Å². The molecule has 4 nitrogen and oxygen atoms in total. The van der Waals surface area contributed by atoms with Crippen molar-refractivity contribution in [3.8, 4) is 0 Å². The summed E-state index contributed by atoms with van der Waals surface area (Å²) in [5, 5.41) is 12.4. The Kier molecular flexibility index (Phi) is 5.66. The minimum absolute atomic E-state index is 0.223. The summed E-state index contributed by atoms with van der Waals surface area (Å²) < 4.78 is 5.05. The maximum Gasteiger partial charge on any atom is 0.232 e. The van der Waals surface area contributed by atoms with E-state index in [-0.39, 0.29) is 5.91 Å². The highest BCUT2D eigenvalue weighted by molar-refractivity contribution is 5.92. The number of para-hydroxylation sites is 1. The summed E-state index contributed by atoms with van der Waals surface area (Å²) in [4.78, 5) is 11.9. The molecule has 0 heterocycles. The molecule has 0 unspecified atom stereocenters. The van der Waals surface area contributed by atoms with E-state index in [0.717, 1.165) is 5.69 Å². The van der Waals surface area contributed by atoms with Gasteiger partial charge in [-0.15, -0.1) is 0 Å². The number of carbonyl (C=O) groups excluding carboxylic acids is 1. The van der Waals surface area contributed by atoms with Crippen LogP contribution in [0.3, 0.4) is 0 Å². The highest BCUT2D eigenvalue weighted by Crippen LogP contribution is 2.14. The molecule has 0 saturated heterocycles. The smallest absolute Gasteiger partial charge is 0.232 e. The fourth-order valence-corrected chi connectivity index (χ4v) is 1.56. The fourth-order valence-electron chi connectivity index (χ4n) is 1.56. The standard InChI is InChI=1S/C13H19NO3/c1-3-11(13(16)17-4-2)12(15)14-10-8-6-5-7-9-10/h5-9,11,13,16H,3-4H2,1-2H3,(H,14,15)/t11-,13+/m1/s1. The zero-order valence-corrected chi connectivity index (χ0v) is 10.2. The Labute approximate surface area is 102 Å². The Bertz CT molecular complexity index is 340. The molecule has 94 valence electrons. The molecule has 0 aliphatic heterocycles. The van der Waals surface area contributed by atoms with Crippen LogP contribution in [0, 0.1) is 5.92 Å². The molecule has 0 radical (unpaired) electrons. The zero-order chi connectivity index (χ0) is 12.7. The maximum atomic E-state index is 11.9. The molecule has 0 aliphatic carbocycles. The third-order valence-electron chi connectivity index (χ3n) is 2.50. The third kappa shape index (κ3) is 4.17. The summed E-state index contributed by atoms with van der Waals surface area (Å²) in [6.07, 6.45) is -0.520. The molecule has 2 N–H and O–H groups in total. The van der Waals surface area contributed by atoms with Crippen LogP contribution in [0.2, 0.25) is 0 Å². The Morgan fingerprint density at radius 1 is 1.35 bits per heavy atom. The molecule has 1 aromatic rings. The predicted octanol–water partition coefficient (Wildman–Crippen LogP) is 2.01. The first-order valence-electron chi connectivity index (χ1n) is 5.84. The van der Waals surface area contributed by atoms with Gasteiger partial charge < -0.3 is 15.2 Å². The summed E-state index contributed by atoms with van der Waals surface area (Å²) >= 11 is 0. The van der Waals surface area contributed by atoms with Crippen molar-refractivity contribution < 1.29 is 14.6 Å². The normalized spacial score (nSPS) is 14.1. The van der Waals surface area contributed by atoms with Gasteiger partial charge in [0.15, 0.2) is 6.29 Å². The van der Waals surface area contributed by atoms with Gasteiger partial charge in [0.05, 0.1) is 5.92 Å². The van der Waals surface area contributed by atoms with E-state index in [1.165, 1.54) is 0 Å². The van der Waals surface area contributed by atoms with Crippen molar-refractivity contribution >= 4 is 11.6 Å². The first-order valence-corrected chi connectivity index (χ1v) is 5.84. The van der Waals surface area contributed by atoms with Gasteiger partial charge in [0.1, 0.15) is 0 Å². The number of aliphatic hydroxyl groups is 1. The number of carbonyl (C=O) groups is 1. The van der Waals surface area contributed by atoms with E-state index >= 15 is 0 Å². The van der Waals surface area contributed by atoms with Crippen LogP contribution >= 0.6 is 0 Å². The first kappa shape index (κ1) is 13.7. The lowest BCUT2D eigenvalue weighted by Crippen LogP contribution is -2.34. The second kappa shape index (κ2) is 7.04. The largest absolute Gasteiger partial charge is 0.367 e. The van der Waals surface area contributed by atoms with Gasteiger partial charge in [0.25, 0.3) is 0 Å². The van der Waals surface area contributed by atoms with Crippen LogP contribution in [-0.2, 0) is 9.53 Å². The molecule has 1 amide bonds. The molecular weight excluding hydrogens is 218 g/mol. The SMILES string of the molecule is CCO[C@H](O)[C@H](CC)C(=O)Nc1ccccc1. The lowest BCUT2D eigenvalue weighted by molar-refractivity contribution is -0.151. The number of amides is 1.